The molecule has 8 nitrogen and oxygen atoms in total. The molecule has 2 heterocycles. The van der Waals surface area contributed by atoms with Crippen molar-refractivity contribution in [1.82, 2.24) is 20.2 Å². The maximum Gasteiger partial charge on any atom is 0.242 e. The first-order chi connectivity index (χ1) is 15.1. The average molecular weight is 438 g/mol. The number of benzene rings is 2. The van der Waals surface area contributed by atoms with E-state index in [0.717, 1.165) is 25.0 Å². The molecule has 0 aliphatic carbocycles. The van der Waals surface area contributed by atoms with Crippen molar-refractivity contribution in [3.63, 3.8) is 0 Å². The molecule has 1 aliphatic heterocycles. The molecule has 1 N–H and O–H groups in total. The topological polar surface area (TPSA) is 99.0 Å². The van der Waals surface area contributed by atoms with Crippen LogP contribution in [-0.4, -0.2) is 44.6 Å². The Labute approximate surface area is 184 Å². The number of carbonyl (C=O) groups excluding carboxylic acids is 2. The number of Topliss-reactive ketones (excluding diaryl/α,β-unsaturated/α-hetero) is 1. The highest BCUT2D eigenvalue weighted by molar-refractivity contribution is 8.00. The summed E-state index contributed by atoms with van der Waals surface area (Å²) in [5.74, 6) is -0.276. The van der Waals surface area contributed by atoms with Crippen molar-refractivity contribution >= 4 is 29.1 Å². The van der Waals surface area contributed by atoms with Crippen molar-refractivity contribution in [3.05, 3.63) is 65.7 Å². The van der Waals surface area contributed by atoms with Crippen molar-refractivity contribution in [2.24, 2.45) is 0 Å². The first-order valence-corrected chi connectivity index (χ1v) is 11.0. The second-order valence-electron chi connectivity index (χ2n) is 7.31. The largest absolute Gasteiger partial charge is 0.376 e. The van der Waals surface area contributed by atoms with Crippen LogP contribution in [0.25, 0.3) is 0 Å². The first-order valence-electron chi connectivity index (χ1n) is 10.1. The molecule has 160 valence electrons. The lowest BCUT2D eigenvalue weighted by molar-refractivity contribution is -0.115. The second-order valence-corrected chi connectivity index (χ2v) is 8.39. The number of rotatable bonds is 8. The van der Waals surface area contributed by atoms with E-state index in [2.05, 4.69) is 20.8 Å². The molecule has 9 heteroatoms. The minimum absolute atomic E-state index is 0.0570. The Kier molecular flexibility index (Phi) is 6.73. The maximum absolute atomic E-state index is 13.3. The maximum atomic E-state index is 13.3. The van der Waals surface area contributed by atoms with Crippen LogP contribution in [0.4, 0.5) is 5.69 Å². The van der Waals surface area contributed by atoms with Gasteiger partial charge in [0.25, 0.3) is 0 Å². The summed E-state index contributed by atoms with van der Waals surface area (Å²) in [5, 5.41) is 14.9. The van der Waals surface area contributed by atoms with Crippen LogP contribution in [0.5, 0.6) is 0 Å². The van der Waals surface area contributed by atoms with E-state index in [9.17, 15) is 9.59 Å². The summed E-state index contributed by atoms with van der Waals surface area (Å²) in [6.07, 6.45) is 2.09. The van der Waals surface area contributed by atoms with E-state index >= 15 is 0 Å². The zero-order valence-corrected chi connectivity index (χ0v) is 17.9. The fourth-order valence-electron chi connectivity index (χ4n) is 3.41. The summed E-state index contributed by atoms with van der Waals surface area (Å²) in [4.78, 5) is 24.9. The summed E-state index contributed by atoms with van der Waals surface area (Å²) >= 11 is 1.29. The summed E-state index contributed by atoms with van der Waals surface area (Å²) in [7, 11) is 0. The van der Waals surface area contributed by atoms with Gasteiger partial charge in [0.2, 0.25) is 11.1 Å². The highest BCUT2D eigenvalue weighted by atomic mass is 32.2. The van der Waals surface area contributed by atoms with E-state index in [-0.39, 0.29) is 17.8 Å². The van der Waals surface area contributed by atoms with Crippen LogP contribution >= 0.6 is 11.8 Å². The molecule has 0 unspecified atom stereocenters. The lowest BCUT2D eigenvalue weighted by Crippen LogP contribution is -2.21. The van der Waals surface area contributed by atoms with Gasteiger partial charge in [0, 0.05) is 17.9 Å². The van der Waals surface area contributed by atoms with Gasteiger partial charge in [-0.1, -0.05) is 54.2 Å². The van der Waals surface area contributed by atoms with E-state index in [0.29, 0.717) is 23.0 Å². The van der Waals surface area contributed by atoms with Gasteiger partial charge in [-0.25, -0.2) is 4.68 Å². The Morgan fingerprint density at radius 1 is 1.23 bits per heavy atom. The van der Waals surface area contributed by atoms with Gasteiger partial charge in [0.15, 0.2) is 5.78 Å². The van der Waals surface area contributed by atoms with E-state index in [1.165, 1.54) is 18.7 Å². The third-order valence-electron chi connectivity index (χ3n) is 5.00. The average Bonchev–Trinajstić information content (AvgIpc) is 3.45. The minimum Gasteiger partial charge on any atom is -0.376 e. The smallest absolute Gasteiger partial charge is 0.242 e. The predicted molar refractivity (Wildman–Crippen MR) is 117 cm³/mol. The highest BCUT2D eigenvalue weighted by Gasteiger charge is 2.26. The van der Waals surface area contributed by atoms with Gasteiger partial charge in [-0.3, -0.25) is 9.59 Å². The van der Waals surface area contributed by atoms with E-state index < -0.39 is 5.25 Å². The van der Waals surface area contributed by atoms with Gasteiger partial charge in [-0.2, -0.15) is 0 Å². The van der Waals surface area contributed by atoms with Crippen LogP contribution in [0.15, 0.2) is 59.8 Å². The number of nitrogens with zero attached hydrogens (tertiary/aromatic N) is 4. The van der Waals surface area contributed by atoms with Gasteiger partial charge in [-0.05, 0) is 47.9 Å². The van der Waals surface area contributed by atoms with Gasteiger partial charge in [0.1, 0.15) is 5.25 Å². The standard InChI is InChI=1S/C22H23N5O3S/c1-15(28)17-9-5-10-18(13-17)23-21(29)20(16-7-3-2-4-8-16)31-22-24-25-26-27(22)14-19-11-6-12-30-19/h2-5,7-10,13,19-20H,6,11-12,14H2,1H3,(H,23,29)/t19-,20-/m1/s1. The summed E-state index contributed by atoms with van der Waals surface area (Å²) in [6, 6.07) is 16.4. The Balaban J connectivity index is 1.56. The molecule has 0 bridgehead atoms. The first kappa shape index (κ1) is 21.2. The Bertz CT molecular complexity index is 1050. The number of hydrogen-bond acceptors (Lipinski definition) is 7. The van der Waals surface area contributed by atoms with E-state index in [1.54, 1.807) is 28.9 Å². The van der Waals surface area contributed by atoms with Crippen LogP contribution in [0.2, 0.25) is 0 Å². The molecule has 2 aromatic carbocycles. The number of carbonyl (C=O) groups is 2. The van der Waals surface area contributed by atoms with Crippen molar-refractivity contribution in [1.29, 1.82) is 0 Å². The van der Waals surface area contributed by atoms with Crippen LogP contribution in [0.3, 0.4) is 0 Å². The van der Waals surface area contributed by atoms with E-state index in [4.69, 9.17) is 4.74 Å². The molecule has 31 heavy (non-hydrogen) atoms. The molecule has 0 spiro atoms. The zero-order valence-electron chi connectivity index (χ0n) is 17.1. The lowest BCUT2D eigenvalue weighted by Gasteiger charge is -2.17. The number of ketones is 1. The van der Waals surface area contributed by atoms with Crippen molar-refractivity contribution in [2.45, 2.75) is 42.8 Å². The molecule has 4 rings (SSSR count). The number of amides is 1. The fraction of sp³-hybridized carbons (Fsp3) is 0.318. The molecule has 0 saturated carbocycles. The minimum atomic E-state index is -0.573. The van der Waals surface area contributed by atoms with Crippen molar-refractivity contribution in [3.8, 4) is 0 Å². The Morgan fingerprint density at radius 2 is 2.06 bits per heavy atom. The van der Waals surface area contributed by atoms with Gasteiger partial charge in [-0.15, -0.1) is 5.10 Å². The highest BCUT2D eigenvalue weighted by Crippen LogP contribution is 2.35. The third-order valence-corrected chi connectivity index (χ3v) is 6.23. The van der Waals surface area contributed by atoms with Crippen molar-refractivity contribution < 1.29 is 14.3 Å². The van der Waals surface area contributed by atoms with Crippen LogP contribution in [0.1, 0.15) is 40.9 Å². The number of tetrazole rings is 1. The number of anilines is 1. The predicted octanol–water partition coefficient (Wildman–Crippen LogP) is 3.53. The SMILES string of the molecule is CC(=O)c1cccc(NC(=O)[C@H](Sc2nnnn2C[C@H]2CCCO2)c2ccccc2)c1. The number of nitrogens with one attached hydrogen (secondary N) is 1. The second kappa shape index (κ2) is 9.84. The molecule has 1 fully saturated rings. The molecular weight excluding hydrogens is 414 g/mol. The fourth-order valence-corrected chi connectivity index (χ4v) is 4.39. The molecule has 1 aliphatic rings. The molecule has 3 aromatic rings. The Hall–Kier alpha value is -3.04. The van der Waals surface area contributed by atoms with Crippen LogP contribution in [0, 0.1) is 0 Å². The number of aromatic nitrogens is 4. The number of hydrogen-bond donors (Lipinski definition) is 1. The molecule has 2 atom stereocenters. The molecule has 0 radical (unpaired) electrons. The van der Waals surface area contributed by atoms with Crippen molar-refractivity contribution in [2.75, 3.05) is 11.9 Å². The lowest BCUT2D eigenvalue weighted by atomic mass is 10.1. The van der Waals surface area contributed by atoms with Crippen LogP contribution in [-0.2, 0) is 16.1 Å². The summed E-state index contributed by atoms with van der Waals surface area (Å²) < 4.78 is 7.39. The number of ether oxygens (including phenoxy) is 1. The molecular formula is C22H23N5O3S. The summed E-state index contributed by atoms with van der Waals surface area (Å²) in [6.45, 7) is 2.81. The zero-order chi connectivity index (χ0) is 21.6. The quantitative estimate of drug-likeness (QED) is 0.425. The Morgan fingerprint density at radius 3 is 2.81 bits per heavy atom. The molecule has 1 amide bonds. The van der Waals surface area contributed by atoms with Gasteiger partial charge >= 0.3 is 0 Å². The molecule has 1 saturated heterocycles. The summed E-state index contributed by atoms with van der Waals surface area (Å²) in [5.41, 5.74) is 1.94. The van der Waals surface area contributed by atoms with Gasteiger partial charge < -0.3 is 10.1 Å². The van der Waals surface area contributed by atoms with Gasteiger partial charge in [0.05, 0.1) is 12.6 Å². The van der Waals surface area contributed by atoms with Crippen LogP contribution < -0.4 is 5.32 Å². The monoisotopic (exact) mass is 437 g/mol. The molecule has 1 aromatic heterocycles. The normalized spacial score (nSPS) is 16.7. The van der Waals surface area contributed by atoms with E-state index in [1.807, 2.05) is 30.3 Å². The number of thioether (sulfide) groups is 1. The third kappa shape index (κ3) is 5.36.